The van der Waals surface area contributed by atoms with E-state index in [2.05, 4.69) is 24.4 Å². The maximum absolute atomic E-state index is 13.6. The van der Waals surface area contributed by atoms with E-state index in [0.717, 1.165) is 35.9 Å². The number of rotatable bonds is 7. The van der Waals surface area contributed by atoms with E-state index in [9.17, 15) is 9.59 Å². The molecule has 1 amide bonds. The van der Waals surface area contributed by atoms with Crippen molar-refractivity contribution in [1.82, 2.24) is 14.9 Å². The first kappa shape index (κ1) is 21.1. The SMILES string of the molecule is CCNC(=O)CSc1nc2sc3c(c2c(=O)n1CCc1ccccc1)CCC(C)C3. The van der Waals surface area contributed by atoms with Gasteiger partial charge in [0.05, 0.1) is 11.1 Å². The number of aromatic nitrogens is 2. The maximum atomic E-state index is 13.6. The third-order valence-electron chi connectivity index (χ3n) is 5.55. The quantitative estimate of drug-likeness (QED) is 0.444. The first-order valence-electron chi connectivity index (χ1n) is 10.5. The number of thioether (sulfide) groups is 1. The Hall–Kier alpha value is -2.12. The minimum absolute atomic E-state index is 0.0363. The molecule has 0 saturated heterocycles. The van der Waals surface area contributed by atoms with Crippen LogP contribution in [0, 0.1) is 5.92 Å². The van der Waals surface area contributed by atoms with Crippen LogP contribution in [-0.4, -0.2) is 27.8 Å². The van der Waals surface area contributed by atoms with Gasteiger partial charge < -0.3 is 5.32 Å². The number of carbonyl (C=O) groups is 1. The van der Waals surface area contributed by atoms with Crippen molar-refractivity contribution in [1.29, 1.82) is 0 Å². The molecule has 1 aliphatic carbocycles. The summed E-state index contributed by atoms with van der Waals surface area (Å²) in [5.74, 6) is 0.877. The summed E-state index contributed by atoms with van der Waals surface area (Å²) in [5, 5.41) is 4.26. The van der Waals surface area contributed by atoms with E-state index < -0.39 is 0 Å². The summed E-state index contributed by atoms with van der Waals surface area (Å²) in [5.41, 5.74) is 2.44. The molecule has 0 fully saturated rings. The second-order valence-corrected chi connectivity index (χ2v) is 9.89. The van der Waals surface area contributed by atoms with Gasteiger partial charge in [-0.1, -0.05) is 49.0 Å². The number of fused-ring (bicyclic) bond motifs is 3. The van der Waals surface area contributed by atoms with Crippen molar-refractivity contribution in [2.75, 3.05) is 12.3 Å². The summed E-state index contributed by atoms with van der Waals surface area (Å²) in [7, 11) is 0. The average molecular weight is 442 g/mol. The molecule has 0 bridgehead atoms. The summed E-state index contributed by atoms with van der Waals surface area (Å²) in [6, 6.07) is 10.2. The lowest BCUT2D eigenvalue weighted by Gasteiger charge is -2.17. The van der Waals surface area contributed by atoms with Crippen LogP contribution in [0.25, 0.3) is 10.2 Å². The van der Waals surface area contributed by atoms with Crippen molar-refractivity contribution in [3.63, 3.8) is 0 Å². The second kappa shape index (κ2) is 9.35. The minimum Gasteiger partial charge on any atom is -0.356 e. The molecule has 30 heavy (non-hydrogen) atoms. The molecule has 1 aliphatic rings. The van der Waals surface area contributed by atoms with Crippen LogP contribution >= 0.6 is 23.1 Å². The van der Waals surface area contributed by atoms with Gasteiger partial charge in [-0.05, 0) is 49.7 Å². The van der Waals surface area contributed by atoms with Crippen LogP contribution in [0.3, 0.4) is 0 Å². The van der Waals surface area contributed by atoms with Crippen molar-refractivity contribution in [2.24, 2.45) is 5.92 Å². The van der Waals surface area contributed by atoms with Crippen molar-refractivity contribution < 1.29 is 4.79 Å². The van der Waals surface area contributed by atoms with Gasteiger partial charge in [0.15, 0.2) is 5.16 Å². The molecule has 1 unspecified atom stereocenters. The number of hydrogen-bond acceptors (Lipinski definition) is 5. The number of amides is 1. The molecule has 158 valence electrons. The first-order chi connectivity index (χ1) is 14.6. The summed E-state index contributed by atoms with van der Waals surface area (Å²) in [4.78, 5) is 32.6. The van der Waals surface area contributed by atoms with E-state index >= 15 is 0 Å². The lowest BCUT2D eigenvalue weighted by atomic mass is 9.89. The molecule has 0 radical (unpaired) electrons. The molecule has 0 saturated carbocycles. The number of thiophene rings is 1. The highest BCUT2D eigenvalue weighted by molar-refractivity contribution is 7.99. The fourth-order valence-electron chi connectivity index (χ4n) is 3.98. The van der Waals surface area contributed by atoms with E-state index in [1.165, 1.54) is 27.8 Å². The third-order valence-corrected chi connectivity index (χ3v) is 7.68. The number of nitrogens with one attached hydrogen (secondary N) is 1. The van der Waals surface area contributed by atoms with E-state index in [0.29, 0.717) is 24.2 Å². The molecule has 4 rings (SSSR count). The molecule has 1 aromatic carbocycles. The molecular weight excluding hydrogens is 414 g/mol. The maximum Gasteiger partial charge on any atom is 0.263 e. The van der Waals surface area contributed by atoms with Crippen LogP contribution in [0.2, 0.25) is 0 Å². The Balaban J connectivity index is 1.72. The van der Waals surface area contributed by atoms with Gasteiger partial charge in [-0.25, -0.2) is 4.98 Å². The van der Waals surface area contributed by atoms with Gasteiger partial charge in [-0.3, -0.25) is 14.2 Å². The Morgan fingerprint density at radius 2 is 2.13 bits per heavy atom. The molecule has 1 N–H and O–H groups in total. The number of benzene rings is 1. The Kier molecular flexibility index (Phi) is 6.58. The zero-order chi connectivity index (χ0) is 21.1. The lowest BCUT2D eigenvalue weighted by Crippen LogP contribution is -2.27. The minimum atomic E-state index is -0.0363. The predicted molar refractivity (Wildman–Crippen MR) is 125 cm³/mol. The fourth-order valence-corrected chi connectivity index (χ4v) is 6.26. The van der Waals surface area contributed by atoms with E-state index in [1.807, 2.05) is 25.1 Å². The van der Waals surface area contributed by atoms with Gasteiger partial charge in [0, 0.05) is 18.0 Å². The Morgan fingerprint density at radius 3 is 2.90 bits per heavy atom. The highest BCUT2D eigenvalue weighted by atomic mass is 32.2. The van der Waals surface area contributed by atoms with Crippen LogP contribution in [0.5, 0.6) is 0 Å². The normalized spacial score (nSPS) is 15.9. The lowest BCUT2D eigenvalue weighted by molar-refractivity contribution is -0.118. The summed E-state index contributed by atoms with van der Waals surface area (Å²) in [6.45, 7) is 5.33. The largest absolute Gasteiger partial charge is 0.356 e. The van der Waals surface area contributed by atoms with Crippen LogP contribution < -0.4 is 10.9 Å². The summed E-state index contributed by atoms with van der Waals surface area (Å²) in [6.07, 6.45) is 3.86. The van der Waals surface area contributed by atoms with Gasteiger partial charge in [0.1, 0.15) is 4.83 Å². The first-order valence-corrected chi connectivity index (χ1v) is 12.4. The standard InChI is InChI=1S/C23H27N3O2S2/c1-3-24-19(27)14-29-23-25-21-20(17-10-9-15(2)13-18(17)30-21)22(28)26(23)12-11-16-7-5-4-6-8-16/h4-8,15H,3,9-14H2,1-2H3,(H,24,27). The number of hydrogen-bond donors (Lipinski definition) is 1. The van der Waals surface area contributed by atoms with Crippen LogP contribution in [0.4, 0.5) is 0 Å². The van der Waals surface area contributed by atoms with Gasteiger partial charge >= 0.3 is 0 Å². The molecule has 0 aliphatic heterocycles. The van der Waals surface area contributed by atoms with Crippen LogP contribution in [0.1, 0.15) is 36.3 Å². The zero-order valence-corrected chi connectivity index (χ0v) is 19.1. The Bertz CT molecular complexity index is 1110. The van der Waals surface area contributed by atoms with Crippen molar-refractivity contribution in [3.8, 4) is 0 Å². The van der Waals surface area contributed by atoms with E-state index in [-0.39, 0.29) is 17.2 Å². The smallest absolute Gasteiger partial charge is 0.263 e. The summed E-state index contributed by atoms with van der Waals surface area (Å²) < 4.78 is 1.78. The van der Waals surface area contributed by atoms with Crippen LogP contribution in [0.15, 0.2) is 40.3 Å². The molecular formula is C23H27N3O2S2. The highest BCUT2D eigenvalue weighted by Gasteiger charge is 2.25. The zero-order valence-electron chi connectivity index (χ0n) is 17.4. The Morgan fingerprint density at radius 1 is 1.33 bits per heavy atom. The summed E-state index contributed by atoms with van der Waals surface area (Å²) >= 11 is 3.01. The molecule has 3 aromatic rings. The van der Waals surface area contributed by atoms with Gasteiger partial charge in [-0.15, -0.1) is 11.3 Å². The molecule has 1 atom stereocenters. The van der Waals surface area contributed by atoms with Gasteiger partial charge in [0.25, 0.3) is 5.56 Å². The molecule has 7 heteroatoms. The fraction of sp³-hybridized carbons (Fsp3) is 0.435. The van der Waals surface area contributed by atoms with Gasteiger partial charge in [-0.2, -0.15) is 0 Å². The van der Waals surface area contributed by atoms with Gasteiger partial charge in [0.2, 0.25) is 5.91 Å². The molecule has 2 heterocycles. The van der Waals surface area contributed by atoms with E-state index in [4.69, 9.17) is 4.98 Å². The topological polar surface area (TPSA) is 64.0 Å². The number of aryl methyl sites for hydroxylation is 2. The Labute approximate surface area is 184 Å². The molecule has 2 aromatic heterocycles. The van der Waals surface area contributed by atoms with Crippen molar-refractivity contribution in [3.05, 3.63) is 56.7 Å². The average Bonchev–Trinajstić information content (AvgIpc) is 3.10. The van der Waals surface area contributed by atoms with Crippen molar-refractivity contribution in [2.45, 2.75) is 51.2 Å². The third kappa shape index (κ3) is 4.47. The van der Waals surface area contributed by atoms with E-state index in [1.54, 1.807) is 15.9 Å². The predicted octanol–water partition coefficient (Wildman–Crippen LogP) is 4.05. The monoisotopic (exact) mass is 441 g/mol. The highest BCUT2D eigenvalue weighted by Crippen LogP contribution is 2.36. The number of nitrogens with zero attached hydrogens (tertiary/aromatic N) is 2. The molecule has 0 spiro atoms. The number of carbonyl (C=O) groups excluding carboxylic acids is 1. The van der Waals surface area contributed by atoms with Crippen LogP contribution in [-0.2, 0) is 30.6 Å². The second-order valence-electron chi connectivity index (χ2n) is 7.86. The van der Waals surface area contributed by atoms with Crippen molar-refractivity contribution >= 4 is 39.2 Å². The molecule has 5 nitrogen and oxygen atoms in total.